The van der Waals surface area contributed by atoms with Gasteiger partial charge in [0.25, 0.3) is 5.91 Å². The molecule has 0 heterocycles. The second-order valence-corrected chi connectivity index (χ2v) is 7.37. The number of nitriles is 1. The van der Waals surface area contributed by atoms with Crippen molar-refractivity contribution in [2.24, 2.45) is 0 Å². The molecule has 1 aliphatic carbocycles. The fourth-order valence-corrected chi connectivity index (χ4v) is 3.89. The lowest BCUT2D eigenvalue weighted by Crippen LogP contribution is -2.25. The zero-order valence-electron chi connectivity index (χ0n) is 16.5. The van der Waals surface area contributed by atoms with Crippen molar-refractivity contribution in [3.63, 3.8) is 0 Å². The summed E-state index contributed by atoms with van der Waals surface area (Å²) >= 11 is 0. The number of nitrogens with zero attached hydrogens (tertiary/aromatic N) is 1. The predicted molar refractivity (Wildman–Crippen MR) is 111 cm³/mol. The van der Waals surface area contributed by atoms with Gasteiger partial charge >= 0.3 is 0 Å². The van der Waals surface area contributed by atoms with Crippen LogP contribution in [0.15, 0.2) is 48.5 Å². The number of hydrogen-bond donors (Lipinski definition) is 1. The van der Waals surface area contributed by atoms with Gasteiger partial charge in [-0.3, -0.25) is 4.79 Å². The fraction of sp³-hybridized carbons (Fsp3) is 0.417. The van der Waals surface area contributed by atoms with E-state index in [1.165, 1.54) is 0 Å². The van der Waals surface area contributed by atoms with Crippen molar-refractivity contribution in [3.8, 4) is 17.2 Å². The summed E-state index contributed by atoms with van der Waals surface area (Å²) in [6.45, 7) is 3.93. The highest BCUT2D eigenvalue weighted by Gasteiger charge is 2.35. The zero-order valence-corrected chi connectivity index (χ0v) is 16.5. The molecule has 28 heavy (non-hydrogen) atoms. The van der Waals surface area contributed by atoms with Crippen molar-refractivity contribution < 1.29 is 9.53 Å². The number of rotatable bonds is 8. The summed E-state index contributed by atoms with van der Waals surface area (Å²) in [6.07, 6.45) is 4.94. The first-order chi connectivity index (χ1) is 13.7. The first-order valence-corrected chi connectivity index (χ1v) is 10.2. The minimum absolute atomic E-state index is 0.0654. The van der Waals surface area contributed by atoms with Crippen LogP contribution in [0.25, 0.3) is 11.1 Å². The number of ether oxygens (including phenoxy) is 1. The van der Waals surface area contributed by atoms with Crippen LogP contribution in [0.5, 0.6) is 0 Å². The first kappa shape index (κ1) is 20.1. The SMILES string of the molecule is CCOCCCNC(=O)c1cccc(-c2ccc(C3(C#N)CCCC3)cc2)c1. The van der Waals surface area contributed by atoms with Crippen LogP contribution in [0.1, 0.15) is 54.9 Å². The van der Waals surface area contributed by atoms with Gasteiger partial charge in [0.2, 0.25) is 0 Å². The molecule has 0 aromatic heterocycles. The summed E-state index contributed by atoms with van der Waals surface area (Å²) < 4.78 is 5.29. The molecule has 1 fully saturated rings. The van der Waals surface area contributed by atoms with Gasteiger partial charge in [-0.05, 0) is 55.0 Å². The molecule has 0 aliphatic heterocycles. The topological polar surface area (TPSA) is 62.1 Å². The molecule has 1 aliphatic rings. The summed E-state index contributed by atoms with van der Waals surface area (Å²) in [6, 6.07) is 18.5. The Bertz CT molecular complexity index is 830. The van der Waals surface area contributed by atoms with Crippen LogP contribution < -0.4 is 5.32 Å². The van der Waals surface area contributed by atoms with E-state index >= 15 is 0 Å². The quantitative estimate of drug-likeness (QED) is 0.670. The maximum absolute atomic E-state index is 12.4. The van der Waals surface area contributed by atoms with Gasteiger partial charge in [0.15, 0.2) is 0 Å². The molecule has 3 rings (SSSR count). The highest BCUT2D eigenvalue weighted by atomic mass is 16.5. The maximum Gasteiger partial charge on any atom is 0.251 e. The molecule has 1 N–H and O–H groups in total. The third kappa shape index (κ3) is 4.61. The third-order valence-corrected chi connectivity index (χ3v) is 5.52. The first-order valence-electron chi connectivity index (χ1n) is 10.2. The number of benzene rings is 2. The lowest BCUT2D eigenvalue weighted by molar-refractivity contribution is 0.0944. The Morgan fingerprint density at radius 3 is 2.57 bits per heavy atom. The second kappa shape index (κ2) is 9.52. The molecule has 2 aromatic carbocycles. The van der Waals surface area contributed by atoms with Crippen molar-refractivity contribution in [3.05, 3.63) is 59.7 Å². The average molecular weight is 377 g/mol. The van der Waals surface area contributed by atoms with Crippen molar-refractivity contribution in [1.29, 1.82) is 5.26 Å². The molecule has 4 nitrogen and oxygen atoms in total. The predicted octanol–water partition coefficient (Wildman–Crippen LogP) is 4.85. The Labute approximate surface area is 167 Å². The van der Waals surface area contributed by atoms with Gasteiger partial charge in [-0.25, -0.2) is 0 Å². The summed E-state index contributed by atoms with van der Waals surface area (Å²) in [4.78, 5) is 12.4. The smallest absolute Gasteiger partial charge is 0.251 e. The Balaban J connectivity index is 1.68. The molecular weight excluding hydrogens is 348 g/mol. The number of amides is 1. The van der Waals surface area contributed by atoms with Crippen LogP contribution in [0.3, 0.4) is 0 Å². The third-order valence-electron chi connectivity index (χ3n) is 5.52. The lowest BCUT2D eigenvalue weighted by Gasteiger charge is -2.21. The Kier molecular flexibility index (Phi) is 6.84. The van der Waals surface area contributed by atoms with Crippen LogP contribution >= 0.6 is 0 Å². The zero-order chi connectivity index (χ0) is 19.8. The molecule has 4 heteroatoms. The normalized spacial score (nSPS) is 15.1. The Morgan fingerprint density at radius 2 is 1.89 bits per heavy atom. The highest BCUT2D eigenvalue weighted by Crippen LogP contribution is 2.41. The minimum Gasteiger partial charge on any atom is -0.382 e. The number of nitrogens with one attached hydrogen (secondary N) is 1. The number of carbonyl (C=O) groups excluding carboxylic acids is 1. The van der Waals surface area contributed by atoms with Gasteiger partial charge in [-0.15, -0.1) is 0 Å². The molecule has 1 saturated carbocycles. The molecular formula is C24H28N2O2. The second-order valence-electron chi connectivity index (χ2n) is 7.37. The molecule has 0 unspecified atom stereocenters. The molecule has 146 valence electrons. The molecule has 0 atom stereocenters. The van der Waals surface area contributed by atoms with E-state index in [2.05, 4.69) is 35.7 Å². The van der Waals surface area contributed by atoms with E-state index in [1.54, 1.807) is 0 Å². The van der Waals surface area contributed by atoms with Gasteiger partial charge in [0, 0.05) is 25.3 Å². The number of carbonyl (C=O) groups is 1. The van der Waals surface area contributed by atoms with E-state index in [-0.39, 0.29) is 11.3 Å². The Hall–Kier alpha value is -2.64. The van der Waals surface area contributed by atoms with Crippen LogP contribution in [0.4, 0.5) is 0 Å². The van der Waals surface area contributed by atoms with Crippen molar-refractivity contribution in [1.82, 2.24) is 5.32 Å². The van der Waals surface area contributed by atoms with Gasteiger partial charge < -0.3 is 10.1 Å². The average Bonchev–Trinajstić information content (AvgIpc) is 3.24. The van der Waals surface area contributed by atoms with Crippen LogP contribution in [0, 0.1) is 11.3 Å². The van der Waals surface area contributed by atoms with E-state index < -0.39 is 0 Å². The van der Waals surface area contributed by atoms with Crippen molar-refractivity contribution >= 4 is 5.91 Å². The van der Waals surface area contributed by atoms with Crippen LogP contribution in [-0.2, 0) is 10.2 Å². The fourth-order valence-electron chi connectivity index (χ4n) is 3.89. The van der Waals surface area contributed by atoms with Gasteiger partial charge in [0.1, 0.15) is 0 Å². The molecule has 0 radical (unpaired) electrons. The van der Waals surface area contributed by atoms with E-state index in [0.29, 0.717) is 25.3 Å². The largest absolute Gasteiger partial charge is 0.382 e. The van der Waals surface area contributed by atoms with Crippen LogP contribution in [0.2, 0.25) is 0 Å². The molecule has 0 spiro atoms. The molecule has 0 bridgehead atoms. The molecule has 1 amide bonds. The van der Waals surface area contributed by atoms with Gasteiger partial charge in [-0.1, -0.05) is 49.2 Å². The molecule has 2 aromatic rings. The Morgan fingerprint density at radius 1 is 1.14 bits per heavy atom. The summed E-state index contributed by atoms with van der Waals surface area (Å²) in [5.74, 6) is -0.0654. The minimum atomic E-state index is -0.318. The van der Waals surface area contributed by atoms with E-state index in [9.17, 15) is 10.1 Å². The van der Waals surface area contributed by atoms with E-state index in [1.807, 2.05) is 31.2 Å². The summed E-state index contributed by atoms with van der Waals surface area (Å²) in [5.41, 5.74) is 3.51. The highest BCUT2D eigenvalue weighted by molar-refractivity contribution is 5.95. The van der Waals surface area contributed by atoms with Gasteiger partial charge in [-0.2, -0.15) is 5.26 Å². The summed E-state index contributed by atoms with van der Waals surface area (Å²) in [7, 11) is 0. The molecule has 0 saturated heterocycles. The number of hydrogen-bond acceptors (Lipinski definition) is 3. The van der Waals surface area contributed by atoms with Crippen molar-refractivity contribution in [2.75, 3.05) is 19.8 Å². The van der Waals surface area contributed by atoms with Crippen LogP contribution in [-0.4, -0.2) is 25.7 Å². The van der Waals surface area contributed by atoms with E-state index in [0.717, 1.165) is 48.8 Å². The van der Waals surface area contributed by atoms with Crippen molar-refractivity contribution in [2.45, 2.75) is 44.4 Å². The lowest BCUT2D eigenvalue weighted by atomic mass is 9.80. The standard InChI is InChI=1S/C24H28N2O2/c1-2-28-16-6-15-26-23(27)21-8-5-7-20(17-21)19-9-11-22(12-10-19)24(18-25)13-3-4-14-24/h5,7-12,17H,2-4,6,13-16H2,1H3,(H,26,27). The van der Waals surface area contributed by atoms with Gasteiger partial charge in [0.05, 0.1) is 11.5 Å². The summed E-state index contributed by atoms with van der Waals surface area (Å²) in [5, 5.41) is 12.6. The monoisotopic (exact) mass is 376 g/mol. The maximum atomic E-state index is 12.4. The van der Waals surface area contributed by atoms with E-state index in [4.69, 9.17) is 4.74 Å².